The molecule has 3 fully saturated rings. The van der Waals surface area contributed by atoms with Crippen molar-refractivity contribution in [3.63, 3.8) is 0 Å². The highest BCUT2D eigenvalue weighted by molar-refractivity contribution is 6.38. The predicted molar refractivity (Wildman–Crippen MR) is 162 cm³/mol. The molecule has 42 heavy (non-hydrogen) atoms. The van der Waals surface area contributed by atoms with Crippen LogP contribution in [0.25, 0.3) is 0 Å². The Morgan fingerprint density at radius 1 is 1.02 bits per heavy atom. The van der Waals surface area contributed by atoms with E-state index in [-0.39, 0.29) is 36.0 Å². The van der Waals surface area contributed by atoms with Crippen LogP contribution in [0.2, 0.25) is 0 Å². The Labute approximate surface area is 251 Å². The average molecular weight is 588 g/mol. The number of urea groups is 1. The summed E-state index contributed by atoms with van der Waals surface area (Å²) >= 11 is 0. The molecule has 236 valence electrons. The number of nitrogens with one attached hydrogen (secondary N) is 4. The highest BCUT2D eigenvalue weighted by Crippen LogP contribution is 2.32. The molecule has 1 heterocycles. The molecule has 2 aliphatic carbocycles. The fraction of sp³-hybridized carbons (Fsp3) is 0.781. The Kier molecular flexibility index (Phi) is 11.6. The molecular formula is C32H53N5O5. The molecule has 2 saturated carbocycles. The van der Waals surface area contributed by atoms with Gasteiger partial charge in [-0.25, -0.2) is 4.79 Å². The van der Waals surface area contributed by atoms with Crippen LogP contribution in [-0.2, 0) is 19.2 Å². The number of unbranched alkanes of at least 4 members (excludes halogenated alkanes) is 1. The molecule has 3 rings (SSSR count). The topological polar surface area (TPSA) is 137 Å². The second-order valence-corrected chi connectivity index (χ2v) is 13.6. The molecule has 5 amide bonds. The van der Waals surface area contributed by atoms with Crippen molar-refractivity contribution in [2.75, 3.05) is 6.54 Å². The van der Waals surface area contributed by atoms with E-state index >= 15 is 0 Å². The first-order valence-corrected chi connectivity index (χ1v) is 16.0. The van der Waals surface area contributed by atoms with E-state index in [1.807, 2.05) is 27.7 Å². The van der Waals surface area contributed by atoms with Crippen LogP contribution in [0.1, 0.15) is 112 Å². The van der Waals surface area contributed by atoms with Crippen LogP contribution in [-0.4, -0.2) is 70.7 Å². The van der Waals surface area contributed by atoms with Crippen LogP contribution in [0, 0.1) is 11.3 Å². The SMILES string of the molecule is C=C[C@@H]1C[C@@H](C(=O)N[C@H](CCCC)C(=O)C(=O)NC2CC2)N(C(=O)[C@@H](NC(=O)NC2(CC)CCCCC2)C(C)(C)C)C1. The summed E-state index contributed by atoms with van der Waals surface area (Å²) in [6.45, 7) is 13.9. The van der Waals surface area contributed by atoms with E-state index in [0.29, 0.717) is 19.3 Å². The number of carbonyl (C=O) groups is 5. The summed E-state index contributed by atoms with van der Waals surface area (Å²) in [6, 6.07) is -3.03. The van der Waals surface area contributed by atoms with Gasteiger partial charge >= 0.3 is 6.03 Å². The number of ketones is 1. The normalized spacial score (nSPS) is 23.3. The van der Waals surface area contributed by atoms with Crippen molar-refractivity contribution in [2.24, 2.45) is 11.3 Å². The molecule has 0 aromatic rings. The Hall–Kier alpha value is -2.91. The van der Waals surface area contributed by atoms with Crippen LogP contribution in [0.4, 0.5) is 4.79 Å². The van der Waals surface area contributed by atoms with E-state index in [0.717, 1.165) is 57.8 Å². The zero-order valence-corrected chi connectivity index (χ0v) is 26.4. The van der Waals surface area contributed by atoms with Gasteiger partial charge in [-0.05, 0) is 56.3 Å². The Morgan fingerprint density at radius 2 is 1.69 bits per heavy atom. The molecule has 0 unspecified atom stereocenters. The molecule has 0 bridgehead atoms. The lowest BCUT2D eigenvalue weighted by Gasteiger charge is -2.39. The number of likely N-dealkylation sites (tertiary alicyclic amines) is 1. The van der Waals surface area contributed by atoms with Gasteiger partial charge in [-0.3, -0.25) is 19.2 Å². The molecule has 1 saturated heterocycles. The van der Waals surface area contributed by atoms with Gasteiger partial charge < -0.3 is 26.2 Å². The van der Waals surface area contributed by atoms with Gasteiger partial charge in [-0.15, -0.1) is 6.58 Å². The van der Waals surface area contributed by atoms with Crippen molar-refractivity contribution in [1.29, 1.82) is 0 Å². The number of amides is 5. The summed E-state index contributed by atoms with van der Waals surface area (Å²) in [7, 11) is 0. The molecule has 4 atom stereocenters. The van der Waals surface area contributed by atoms with Crippen molar-refractivity contribution < 1.29 is 24.0 Å². The minimum Gasteiger partial charge on any atom is -0.347 e. The van der Waals surface area contributed by atoms with Crippen molar-refractivity contribution in [3.05, 3.63) is 12.7 Å². The molecule has 0 spiro atoms. The van der Waals surface area contributed by atoms with Crippen molar-refractivity contribution >= 4 is 29.5 Å². The van der Waals surface area contributed by atoms with E-state index in [2.05, 4.69) is 34.8 Å². The molecule has 0 aromatic heterocycles. The van der Waals surface area contributed by atoms with Crippen LogP contribution in [0.3, 0.4) is 0 Å². The molecule has 0 aromatic carbocycles. The zero-order chi connectivity index (χ0) is 31.1. The van der Waals surface area contributed by atoms with E-state index in [1.54, 1.807) is 6.08 Å². The standard InChI is InChI=1S/C32H53N5O5/c1-7-10-14-23(25(38)28(40)33-22-15-16-22)34-27(39)24-19-21(8-2)20-37(24)29(41)26(31(4,5)6)35-30(42)36-32(9-3)17-12-11-13-18-32/h8,21-24,26H,2,7,9-20H2,1,3-6H3,(H,33,40)(H,34,39)(H2,35,36,42)/t21-,23-,24+,26-/m1/s1. The lowest BCUT2D eigenvalue weighted by atomic mass is 9.80. The number of rotatable bonds is 13. The summed E-state index contributed by atoms with van der Waals surface area (Å²) in [6.07, 6.45) is 11.5. The molecule has 10 heteroatoms. The van der Waals surface area contributed by atoms with Crippen molar-refractivity contribution in [1.82, 2.24) is 26.2 Å². The number of hydrogen-bond acceptors (Lipinski definition) is 5. The van der Waals surface area contributed by atoms with Crippen LogP contribution in [0.5, 0.6) is 0 Å². The molecule has 4 N–H and O–H groups in total. The first kappa shape index (κ1) is 33.6. The summed E-state index contributed by atoms with van der Waals surface area (Å²) in [4.78, 5) is 68.1. The monoisotopic (exact) mass is 587 g/mol. The highest BCUT2D eigenvalue weighted by Gasteiger charge is 2.45. The fourth-order valence-electron chi connectivity index (χ4n) is 6.14. The average Bonchev–Trinajstić information content (AvgIpc) is 3.66. The largest absolute Gasteiger partial charge is 0.347 e. The van der Waals surface area contributed by atoms with Gasteiger partial charge in [-0.1, -0.05) is 72.8 Å². The van der Waals surface area contributed by atoms with E-state index in [9.17, 15) is 24.0 Å². The lowest BCUT2D eigenvalue weighted by Crippen LogP contribution is -2.62. The van der Waals surface area contributed by atoms with Gasteiger partial charge in [0.25, 0.3) is 5.91 Å². The number of carbonyl (C=O) groups excluding carboxylic acids is 5. The fourth-order valence-corrected chi connectivity index (χ4v) is 6.14. The molecule has 0 radical (unpaired) electrons. The minimum atomic E-state index is -0.959. The Morgan fingerprint density at radius 3 is 2.24 bits per heavy atom. The smallest absolute Gasteiger partial charge is 0.315 e. The van der Waals surface area contributed by atoms with Crippen LogP contribution >= 0.6 is 0 Å². The van der Waals surface area contributed by atoms with Gasteiger partial charge in [0.15, 0.2) is 0 Å². The molecule has 1 aliphatic heterocycles. The first-order valence-electron chi connectivity index (χ1n) is 16.0. The van der Waals surface area contributed by atoms with Gasteiger partial charge in [0.05, 0.1) is 6.04 Å². The van der Waals surface area contributed by atoms with E-state index in [1.165, 1.54) is 4.90 Å². The maximum Gasteiger partial charge on any atom is 0.315 e. The predicted octanol–water partition coefficient (Wildman–Crippen LogP) is 3.74. The first-order chi connectivity index (χ1) is 19.8. The van der Waals surface area contributed by atoms with E-state index < -0.39 is 41.1 Å². The summed E-state index contributed by atoms with van der Waals surface area (Å²) in [5, 5.41) is 11.7. The summed E-state index contributed by atoms with van der Waals surface area (Å²) in [5.74, 6) is -2.26. The second kappa shape index (κ2) is 14.5. The second-order valence-electron chi connectivity index (χ2n) is 13.6. The number of hydrogen-bond donors (Lipinski definition) is 4. The van der Waals surface area contributed by atoms with Gasteiger partial charge in [0, 0.05) is 18.1 Å². The maximum absolute atomic E-state index is 14.1. The molecule has 3 aliphatic rings. The third kappa shape index (κ3) is 8.80. The molecular weight excluding hydrogens is 534 g/mol. The summed E-state index contributed by atoms with van der Waals surface area (Å²) < 4.78 is 0. The quantitative estimate of drug-likeness (QED) is 0.192. The van der Waals surface area contributed by atoms with Crippen molar-refractivity contribution in [3.8, 4) is 0 Å². The Balaban J connectivity index is 1.76. The van der Waals surface area contributed by atoms with Gasteiger partial charge in [0.2, 0.25) is 17.6 Å². The minimum absolute atomic E-state index is 0.0321. The van der Waals surface area contributed by atoms with E-state index in [4.69, 9.17) is 0 Å². The third-order valence-corrected chi connectivity index (χ3v) is 9.12. The van der Waals surface area contributed by atoms with Crippen LogP contribution in [0.15, 0.2) is 12.7 Å². The maximum atomic E-state index is 14.1. The van der Waals surface area contributed by atoms with Crippen LogP contribution < -0.4 is 21.3 Å². The zero-order valence-electron chi connectivity index (χ0n) is 26.4. The third-order valence-electron chi connectivity index (χ3n) is 9.12. The van der Waals surface area contributed by atoms with Gasteiger partial charge in [-0.2, -0.15) is 0 Å². The summed E-state index contributed by atoms with van der Waals surface area (Å²) in [5.41, 5.74) is -0.905. The van der Waals surface area contributed by atoms with Gasteiger partial charge in [0.1, 0.15) is 12.1 Å². The lowest BCUT2D eigenvalue weighted by molar-refractivity contribution is -0.144. The number of Topliss-reactive ketones (excluding diaryl/α,β-unsaturated/α-hetero) is 1. The molecule has 10 nitrogen and oxygen atoms in total. The van der Waals surface area contributed by atoms with Crippen molar-refractivity contribution in [2.45, 2.75) is 141 Å². The highest BCUT2D eigenvalue weighted by atomic mass is 16.2. The number of nitrogens with zero attached hydrogens (tertiary/aromatic N) is 1. The Bertz CT molecular complexity index is 1010.